The number of hydrogen-bond acceptors (Lipinski definition) is 4. The third-order valence-corrected chi connectivity index (χ3v) is 2.58. The molecule has 2 aromatic carbocycles. The summed E-state index contributed by atoms with van der Waals surface area (Å²) >= 11 is 0. The van der Waals surface area contributed by atoms with E-state index in [-0.39, 0.29) is 12.2 Å². The molecular formula is C15H11FN2O2. The summed E-state index contributed by atoms with van der Waals surface area (Å²) in [4.78, 5) is 11.8. The van der Waals surface area contributed by atoms with Gasteiger partial charge in [-0.15, -0.1) is 0 Å². The molecule has 0 aromatic heterocycles. The Kier molecular flexibility index (Phi) is 3.96. The Hall–Kier alpha value is -2.87. The minimum Gasteiger partial charge on any atom is -0.457 e. The van der Waals surface area contributed by atoms with Gasteiger partial charge in [0.2, 0.25) is 0 Å². The summed E-state index contributed by atoms with van der Waals surface area (Å²) in [6.07, 6.45) is 0. The molecule has 0 aliphatic heterocycles. The van der Waals surface area contributed by atoms with E-state index in [4.69, 9.17) is 15.7 Å². The molecule has 0 saturated heterocycles. The molecule has 0 atom stereocenters. The van der Waals surface area contributed by atoms with Crippen LogP contribution in [0.4, 0.5) is 10.1 Å². The Bertz CT molecular complexity index is 693. The first-order valence-electron chi connectivity index (χ1n) is 5.81. The molecule has 0 saturated carbocycles. The quantitative estimate of drug-likeness (QED) is 0.687. The summed E-state index contributed by atoms with van der Waals surface area (Å²) in [5.74, 6) is -1.10. The number of carbonyl (C=O) groups excluding carboxylic acids is 1. The fraction of sp³-hybridized carbons (Fsp3) is 0.0667. The Morgan fingerprint density at radius 3 is 2.80 bits per heavy atom. The van der Waals surface area contributed by atoms with Gasteiger partial charge in [-0.05, 0) is 42.0 Å². The van der Waals surface area contributed by atoms with Gasteiger partial charge < -0.3 is 10.5 Å². The van der Waals surface area contributed by atoms with Crippen LogP contribution in [0, 0.1) is 17.1 Å². The number of nitrogens with zero attached hydrogens (tertiary/aromatic N) is 1. The van der Waals surface area contributed by atoms with Gasteiger partial charge in [0, 0.05) is 5.69 Å². The highest BCUT2D eigenvalue weighted by atomic mass is 19.1. The topological polar surface area (TPSA) is 76.1 Å². The van der Waals surface area contributed by atoms with Crippen molar-refractivity contribution in [3.63, 3.8) is 0 Å². The van der Waals surface area contributed by atoms with Crippen molar-refractivity contribution in [2.24, 2.45) is 0 Å². The molecule has 0 bridgehead atoms. The predicted octanol–water partition coefficient (Wildman–Crippen LogP) is 2.64. The van der Waals surface area contributed by atoms with Crippen LogP contribution in [0.2, 0.25) is 0 Å². The van der Waals surface area contributed by atoms with Crippen molar-refractivity contribution < 1.29 is 13.9 Å². The largest absolute Gasteiger partial charge is 0.457 e. The minimum atomic E-state index is -0.555. The van der Waals surface area contributed by atoms with Crippen LogP contribution < -0.4 is 5.73 Å². The number of nitriles is 1. The fourth-order valence-corrected chi connectivity index (χ4v) is 1.70. The fourth-order valence-electron chi connectivity index (χ4n) is 1.70. The monoisotopic (exact) mass is 270 g/mol. The van der Waals surface area contributed by atoms with Gasteiger partial charge in [0.1, 0.15) is 12.4 Å². The van der Waals surface area contributed by atoms with Gasteiger partial charge in [0.15, 0.2) is 0 Å². The smallest absolute Gasteiger partial charge is 0.338 e. The number of nitrogens with two attached hydrogens (primary N) is 1. The van der Waals surface area contributed by atoms with E-state index in [2.05, 4.69) is 0 Å². The number of halogens is 1. The molecule has 2 N–H and O–H groups in total. The van der Waals surface area contributed by atoms with Gasteiger partial charge in [-0.1, -0.05) is 6.07 Å². The van der Waals surface area contributed by atoms with Gasteiger partial charge in [0.05, 0.1) is 17.2 Å². The van der Waals surface area contributed by atoms with E-state index in [1.807, 2.05) is 6.07 Å². The molecule has 0 heterocycles. The molecule has 2 rings (SSSR count). The van der Waals surface area contributed by atoms with E-state index in [1.165, 1.54) is 18.2 Å². The SMILES string of the molecule is N#Cc1cc(F)cc(COC(=O)c2cccc(N)c2)c1. The van der Waals surface area contributed by atoms with Crippen LogP contribution in [0.1, 0.15) is 21.5 Å². The number of benzene rings is 2. The van der Waals surface area contributed by atoms with Crippen LogP contribution in [0.5, 0.6) is 0 Å². The summed E-state index contributed by atoms with van der Waals surface area (Å²) in [7, 11) is 0. The molecule has 2 aromatic rings. The summed E-state index contributed by atoms with van der Waals surface area (Å²) < 4.78 is 18.3. The van der Waals surface area contributed by atoms with Crippen molar-refractivity contribution in [1.82, 2.24) is 0 Å². The Morgan fingerprint density at radius 2 is 2.10 bits per heavy atom. The molecule has 0 radical (unpaired) electrons. The van der Waals surface area contributed by atoms with Crippen molar-refractivity contribution in [3.8, 4) is 6.07 Å². The zero-order chi connectivity index (χ0) is 14.5. The third kappa shape index (κ3) is 3.33. The lowest BCUT2D eigenvalue weighted by molar-refractivity contribution is 0.0472. The van der Waals surface area contributed by atoms with Gasteiger partial charge in [-0.25, -0.2) is 9.18 Å². The number of carbonyl (C=O) groups is 1. The highest BCUT2D eigenvalue weighted by Crippen LogP contribution is 2.12. The average molecular weight is 270 g/mol. The van der Waals surface area contributed by atoms with Gasteiger partial charge in [-0.2, -0.15) is 5.26 Å². The minimum absolute atomic E-state index is 0.111. The first-order valence-corrected chi connectivity index (χ1v) is 5.81. The molecule has 0 unspecified atom stereocenters. The standard InChI is InChI=1S/C15H11FN2O2/c16-13-5-10(8-17)4-11(6-13)9-20-15(19)12-2-1-3-14(18)7-12/h1-7H,9,18H2. The number of rotatable bonds is 3. The predicted molar refractivity (Wildman–Crippen MR) is 71.1 cm³/mol. The van der Waals surface area contributed by atoms with Gasteiger partial charge >= 0.3 is 5.97 Å². The number of anilines is 1. The second-order valence-electron chi connectivity index (χ2n) is 4.16. The highest BCUT2D eigenvalue weighted by molar-refractivity contribution is 5.90. The molecule has 20 heavy (non-hydrogen) atoms. The Morgan fingerprint density at radius 1 is 1.30 bits per heavy atom. The van der Waals surface area contributed by atoms with Gasteiger partial charge in [0.25, 0.3) is 0 Å². The summed E-state index contributed by atoms with van der Waals surface area (Å²) in [6, 6.07) is 12.0. The van der Waals surface area contributed by atoms with Crippen LogP contribution in [0.3, 0.4) is 0 Å². The molecule has 0 aliphatic carbocycles. The Labute approximate surface area is 115 Å². The van der Waals surface area contributed by atoms with E-state index in [0.29, 0.717) is 16.8 Å². The van der Waals surface area contributed by atoms with Crippen molar-refractivity contribution in [2.45, 2.75) is 6.61 Å². The number of esters is 1. The van der Waals surface area contributed by atoms with Crippen molar-refractivity contribution >= 4 is 11.7 Å². The van der Waals surface area contributed by atoms with Crippen molar-refractivity contribution in [2.75, 3.05) is 5.73 Å². The number of nitrogen functional groups attached to an aromatic ring is 1. The van der Waals surface area contributed by atoms with E-state index >= 15 is 0 Å². The first-order chi connectivity index (χ1) is 9.58. The molecule has 100 valence electrons. The maximum Gasteiger partial charge on any atom is 0.338 e. The molecule has 5 heteroatoms. The maximum absolute atomic E-state index is 13.2. The lowest BCUT2D eigenvalue weighted by atomic mass is 10.1. The molecule has 0 amide bonds. The lowest BCUT2D eigenvalue weighted by Gasteiger charge is -2.06. The molecule has 0 spiro atoms. The first kappa shape index (κ1) is 13.6. The summed E-state index contributed by atoms with van der Waals surface area (Å²) in [5.41, 5.74) is 6.94. The maximum atomic E-state index is 13.2. The zero-order valence-corrected chi connectivity index (χ0v) is 10.5. The highest BCUT2D eigenvalue weighted by Gasteiger charge is 2.08. The van der Waals surface area contributed by atoms with Gasteiger partial charge in [-0.3, -0.25) is 0 Å². The van der Waals surface area contributed by atoms with Crippen LogP contribution >= 0.6 is 0 Å². The van der Waals surface area contributed by atoms with Crippen molar-refractivity contribution in [3.05, 3.63) is 65.0 Å². The molecule has 0 fully saturated rings. The lowest BCUT2D eigenvalue weighted by Crippen LogP contribution is -2.06. The third-order valence-electron chi connectivity index (χ3n) is 2.58. The van der Waals surface area contributed by atoms with Crippen LogP contribution in [-0.2, 0) is 11.3 Å². The van der Waals surface area contributed by atoms with E-state index in [1.54, 1.807) is 18.2 Å². The molecular weight excluding hydrogens is 259 g/mol. The van der Waals surface area contributed by atoms with Crippen LogP contribution in [0.25, 0.3) is 0 Å². The second kappa shape index (κ2) is 5.85. The second-order valence-corrected chi connectivity index (χ2v) is 4.16. The zero-order valence-electron chi connectivity index (χ0n) is 10.5. The summed E-state index contributed by atoms with van der Waals surface area (Å²) in [6.45, 7) is -0.111. The number of ether oxygens (including phenoxy) is 1. The van der Waals surface area contributed by atoms with Crippen LogP contribution in [-0.4, -0.2) is 5.97 Å². The molecule has 0 aliphatic rings. The van der Waals surface area contributed by atoms with E-state index in [0.717, 1.165) is 6.07 Å². The van der Waals surface area contributed by atoms with Crippen LogP contribution in [0.15, 0.2) is 42.5 Å². The normalized spacial score (nSPS) is 9.80. The Balaban J connectivity index is 2.07. The van der Waals surface area contributed by atoms with Crippen molar-refractivity contribution in [1.29, 1.82) is 5.26 Å². The molecule has 4 nitrogen and oxygen atoms in total. The van der Waals surface area contributed by atoms with E-state index in [9.17, 15) is 9.18 Å². The summed E-state index contributed by atoms with van der Waals surface area (Å²) in [5, 5.41) is 8.73. The number of hydrogen-bond donors (Lipinski definition) is 1. The van der Waals surface area contributed by atoms with E-state index < -0.39 is 11.8 Å². The average Bonchev–Trinajstić information content (AvgIpc) is 2.44.